The van der Waals surface area contributed by atoms with Crippen LogP contribution in [-0.4, -0.2) is 28.2 Å². The summed E-state index contributed by atoms with van der Waals surface area (Å²) in [5, 5.41) is 21.5. The molecular weight excluding hydrogens is 258 g/mol. The van der Waals surface area contributed by atoms with Crippen molar-refractivity contribution in [1.82, 2.24) is 5.32 Å². The molecule has 3 atom stereocenters. The molecule has 0 radical (unpaired) electrons. The maximum absolute atomic E-state index is 11.2. The van der Waals surface area contributed by atoms with Crippen molar-refractivity contribution in [2.75, 3.05) is 0 Å². The first-order valence-electron chi connectivity index (χ1n) is 5.46. The van der Waals surface area contributed by atoms with Crippen LogP contribution in [0.2, 0.25) is 5.02 Å². The molecule has 0 aromatic heterocycles. The van der Waals surface area contributed by atoms with E-state index in [1.54, 1.807) is 24.3 Å². The van der Waals surface area contributed by atoms with E-state index < -0.39 is 29.9 Å². The molecule has 96 valence electrons. The van der Waals surface area contributed by atoms with Crippen LogP contribution in [0.1, 0.15) is 18.0 Å². The summed E-state index contributed by atoms with van der Waals surface area (Å²) in [6.45, 7) is 0. The van der Waals surface area contributed by atoms with Gasteiger partial charge in [-0.1, -0.05) is 23.7 Å². The van der Waals surface area contributed by atoms with Crippen molar-refractivity contribution in [2.24, 2.45) is 5.92 Å². The molecule has 0 bridgehead atoms. The second-order valence-corrected chi connectivity index (χ2v) is 4.70. The highest BCUT2D eigenvalue weighted by atomic mass is 35.5. The highest BCUT2D eigenvalue weighted by Gasteiger charge is 2.41. The summed E-state index contributed by atoms with van der Waals surface area (Å²) in [5.74, 6) is -2.77. The molecule has 0 aliphatic carbocycles. The van der Waals surface area contributed by atoms with Gasteiger partial charge in [-0.25, -0.2) is 0 Å². The van der Waals surface area contributed by atoms with Gasteiger partial charge in [-0.3, -0.25) is 14.9 Å². The molecule has 1 aromatic rings. The summed E-state index contributed by atoms with van der Waals surface area (Å²) < 4.78 is 0. The van der Waals surface area contributed by atoms with Gasteiger partial charge in [0.05, 0.1) is 5.92 Å². The maximum atomic E-state index is 11.2. The Labute approximate surface area is 108 Å². The number of carbonyl (C=O) groups is 2. The minimum absolute atomic E-state index is 0.0813. The van der Waals surface area contributed by atoms with Gasteiger partial charge < -0.3 is 10.2 Å². The zero-order chi connectivity index (χ0) is 13.3. The Morgan fingerprint density at radius 3 is 2.28 bits per heavy atom. The number of carboxylic acids is 2. The van der Waals surface area contributed by atoms with Crippen molar-refractivity contribution >= 4 is 23.5 Å². The van der Waals surface area contributed by atoms with Crippen molar-refractivity contribution in [3.63, 3.8) is 0 Å². The molecule has 2 rings (SSSR count). The molecule has 1 aromatic carbocycles. The molecule has 6 heteroatoms. The molecule has 5 nitrogen and oxygen atoms in total. The third-order valence-electron chi connectivity index (χ3n) is 3.12. The topological polar surface area (TPSA) is 86.6 Å². The molecule has 1 fully saturated rings. The minimum Gasteiger partial charge on any atom is -0.481 e. The Bertz CT molecular complexity index is 473. The monoisotopic (exact) mass is 269 g/mol. The van der Waals surface area contributed by atoms with Gasteiger partial charge in [0.2, 0.25) is 0 Å². The average Bonchev–Trinajstić information content (AvgIpc) is 2.75. The summed E-state index contributed by atoms with van der Waals surface area (Å²) in [4.78, 5) is 22.1. The normalized spacial score (nSPS) is 27.1. The largest absolute Gasteiger partial charge is 0.481 e. The summed E-state index contributed by atoms with van der Waals surface area (Å²) in [6.07, 6.45) is 0.0813. The summed E-state index contributed by atoms with van der Waals surface area (Å²) in [5.41, 5.74) is 0.732. The third-order valence-corrected chi connectivity index (χ3v) is 3.37. The number of hydrogen-bond acceptors (Lipinski definition) is 3. The fraction of sp³-hybridized carbons (Fsp3) is 0.333. The lowest BCUT2D eigenvalue weighted by molar-refractivity contribution is -0.142. The Kier molecular flexibility index (Phi) is 3.54. The van der Waals surface area contributed by atoms with Crippen LogP contribution in [0.3, 0.4) is 0 Å². The lowest BCUT2D eigenvalue weighted by atomic mass is 9.93. The predicted octanol–water partition coefficient (Wildman–Crippen LogP) is 1.53. The molecule has 1 aliphatic rings. The fourth-order valence-electron chi connectivity index (χ4n) is 2.21. The van der Waals surface area contributed by atoms with Gasteiger partial charge in [0.15, 0.2) is 0 Å². The van der Waals surface area contributed by atoms with Gasteiger partial charge in [-0.2, -0.15) is 0 Å². The van der Waals surface area contributed by atoms with Gasteiger partial charge in [-0.15, -0.1) is 0 Å². The van der Waals surface area contributed by atoms with Crippen LogP contribution in [0.15, 0.2) is 24.3 Å². The van der Waals surface area contributed by atoms with E-state index in [0.717, 1.165) is 5.56 Å². The number of halogens is 1. The van der Waals surface area contributed by atoms with Gasteiger partial charge in [0.25, 0.3) is 0 Å². The van der Waals surface area contributed by atoms with E-state index >= 15 is 0 Å². The minimum atomic E-state index is -1.03. The van der Waals surface area contributed by atoms with E-state index in [2.05, 4.69) is 5.32 Å². The summed E-state index contributed by atoms with van der Waals surface area (Å²) >= 11 is 5.77. The smallest absolute Gasteiger partial charge is 0.320 e. The van der Waals surface area contributed by atoms with Crippen LogP contribution in [-0.2, 0) is 9.59 Å². The SMILES string of the molecule is O=C(O)[C@@H]1C[C@@H](C(=O)O)[C@H](c2ccc(Cl)cc2)N1. The molecule has 0 spiro atoms. The fourth-order valence-corrected chi connectivity index (χ4v) is 2.33. The third kappa shape index (κ3) is 2.47. The van der Waals surface area contributed by atoms with E-state index in [-0.39, 0.29) is 6.42 Å². The molecular formula is C12H12ClNO4. The van der Waals surface area contributed by atoms with Crippen LogP contribution in [0.25, 0.3) is 0 Å². The highest BCUT2D eigenvalue weighted by molar-refractivity contribution is 6.30. The molecule has 18 heavy (non-hydrogen) atoms. The van der Waals surface area contributed by atoms with Crippen molar-refractivity contribution in [1.29, 1.82) is 0 Å². The second-order valence-electron chi connectivity index (χ2n) is 4.27. The van der Waals surface area contributed by atoms with Crippen molar-refractivity contribution in [3.05, 3.63) is 34.9 Å². The Morgan fingerprint density at radius 2 is 1.78 bits per heavy atom. The van der Waals surface area contributed by atoms with Crippen LogP contribution in [0.4, 0.5) is 0 Å². The number of rotatable bonds is 3. The standard InChI is InChI=1S/C12H12ClNO4/c13-7-3-1-6(2-4-7)10-8(11(15)16)5-9(14-10)12(17)18/h1-4,8-10,14H,5H2,(H,15,16)(H,17,18)/t8-,9+,10+/m1/s1. The first kappa shape index (κ1) is 12.9. The van der Waals surface area contributed by atoms with E-state index in [9.17, 15) is 9.59 Å². The first-order chi connectivity index (χ1) is 8.49. The number of aliphatic carboxylic acids is 2. The van der Waals surface area contributed by atoms with E-state index in [4.69, 9.17) is 21.8 Å². The zero-order valence-corrected chi connectivity index (χ0v) is 10.1. The first-order valence-corrected chi connectivity index (χ1v) is 5.84. The van der Waals surface area contributed by atoms with E-state index in [1.165, 1.54) is 0 Å². The molecule has 1 aliphatic heterocycles. The molecule has 0 saturated carbocycles. The predicted molar refractivity (Wildman–Crippen MR) is 64.5 cm³/mol. The summed E-state index contributed by atoms with van der Waals surface area (Å²) in [6, 6.07) is 5.41. The average molecular weight is 270 g/mol. The van der Waals surface area contributed by atoms with E-state index in [1.807, 2.05) is 0 Å². The van der Waals surface area contributed by atoms with Gasteiger partial charge in [0.1, 0.15) is 6.04 Å². The van der Waals surface area contributed by atoms with Crippen LogP contribution in [0.5, 0.6) is 0 Å². The van der Waals surface area contributed by atoms with Crippen molar-refractivity contribution in [2.45, 2.75) is 18.5 Å². The van der Waals surface area contributed by atoms with Crippen LogP contribution < -0.4 is 5.32 Å². The van der Waals surface area contributed by atoms with Gasteiger partial charge >= 0.3 is 11.9 Å². The molecule has 0 amide bonds. The zero-order valence-electron chi connectivity index (χ0n) is 9.34. The van der Waals surface area contributed by atoms with Crippen LogP contribution >= 0.6 is 11.6 Å². The lowest BCUT2D eigenvalue weighted by Gasteiger charge is -2.16. The van der Waals surface area contributed by atoms with Crippen LogP contribution in [0, 0.1) is 5.92 Å². The molecule has 0 unspecified atom stereocenters. The van der Waals surface area contributed by atoms with Gasteiger partial charge in [-0.05, 0) is 24.1 Å². The number of hydrogen-bond donors (Lipinski definition) is 3. The van der Waals surface area contributed by atoms with Crippen molar-refractivity contribution < 1.29 is 19.8 Å². The van der Waals surface area contributed by atoms with E-state index in [0.29, 0.717) is 5.02 Å². The van der Waals surface area contributed by atoms with Crippen molar-refractivity contribution in [3.8, 4) is 0 Å². The number of nitrogens with one attached hydrogen (secondary N) is 1. The number of benzene rings is 1. The molecule has 3 N–H and O–H groups in total. The quantitative estimate of drug-likeness (QED) is 0.775. The Morgan fingerprint density at radius 1 is 1.17 bits per heavy atom. The molecule has 1 heterocycles. The Balaban J connectivity index is 2.27. The lowest BCUT2D eigenvalue weighted by Crippen LogP contribution is -2.32. The highest BCUT2D eigenvalue weighted by Crippen LogP contribution is 2.33. The van der Waals surface area contributed by atoms with Gasteiger partial charge in [0, 0.05) is 11.1 Å². The second kappa shape index (κ2) is 4.96. The maximum Gasteiger partial charge on any atom is 0.320 e. The summed E-state index contributed by atoms with van der Waals surface area (Å²) in [7, 11) is 0. The Hall–Kier alpha value is -1.59. The number of carboxylic acid groups (broad SMARTS) is 2. The molecule has 1 saturated heterocycles.